The minimum absolute atomic E-state index is 0.568. The summed E-state index contributed by atoms with van der Waals surface area (Å²) in [6, 6.07) is 0. The number of hydrogen-bond donors (Lipinski definition) is 1. The monoisotopic (exact) mass is 336 g/mol. The highest BCUT2D eigenvalue weighted by molar-refractivity contribution is 7.58. The second kappa shape index (κ2) is 9.51. The maximum Gasteiger partial charge on any atom is 0.360 e. The smallest absolute Gasteiger partial charge is 0.360 e. The second-order valence-electron chi connectivity index (χ2n) is 5.01. The van der Waals surface area contributed by atoms with Crippen LogP contribution in [0.1, 0.15) is 26.7 Å². The lowest BCUT2D eigenvalue weighted by molar-refractivity contribution is 0.284. The molecule has 0 unspecified atom stereocenters. The normalized spacial score (nSPS) is 21.4. The topological polar surface area (TPSA) is 55.8 Å². The van der Waals surface area contributed by atoms with E-state index in [2.05, 4.69) is 6.08 Å². The zero-order chi connectivity index (χ0) is 17.3. The van der Waals surface area contributed by atoms with Gasteiger partial charge in [0, 0.05) is 14.2 Å². The molecule has 1 N–H and O–H groups in total. The van der Waals surface area contributed by atoms with Gasteiger partial charge >= 0.3 is 7.60 Å². The first-order valence-electron chi connectivity index (χ1n) is 7.47. The molecule has 0 radical (unpaired) electrons. The van der Waals surface area contributed by atoms with Gasteiger partial charge in [-0.05, 0) is 49.5 Å². The third kappa shape index (κ3) is 5.51. The summed E-state index contributed by atoms with van der Waals surface area (Å²) >= 11 is 0. The van der Waals surface area contributed by atoms with Gasteiger partial charge in [-0.15, -0.1) is 0 Å². The van der Waals surface area contributed by atoms with E-state index in [4.69, 9.17) is 14.2 Å². The highest BCUT2D eigenvalue weighted by atomic mass is 31.2. The van der Waals surface area contributed by atoms with Crippen molar-refractivity contribution < 1.29 is 18.7 Å². The van der Waals surface area contributed by atoms with Crippen LogP contribution >= 0.6 is 7.60 Å². The summed E-state index contributed by atoms with van der Waals surface area (Å²) in [5, 5.41) is 9.53. The fraction of sp³-hybridized carbons (Fsp3) is 0.333. The first kappa shape index (κ1) is 19.4. The van der Waals surface area contributed by atoms with Gasteiger partial charge < -0.3 is 14.2 Å². The van der Waals surface area contributed by atoms with Gasteiger partial charge in [-0.1, -0.05) is 36.5 Å². The van der Waals surface area contributed by atoms with Gasteiger partial charge in [0.2, 0.25) is 0 Å². The minimum atomic E-state index is -3.24. The maximum absolute atomic E-state index is 12.5. The Morgan fingerprint density at radius 3 is 2.39 bits per heavy atom. The summed E-state index contributed by atoms with van der Waals surface area (Å²) < 4.78 is 22.7. The van der Waals surface area contributed by atoms with Gasteiger partial charge in [-0.25, -0.2) is 0 Å². The van der Waals surface area contributed by atoms with Crippen molar-refractivity contribution in [3.8, 4) is 0 Å². The molecule has 0 saturated heterocycles. The van der Waals surface area contributed by atoms with Crippen LogP contribution in [0, 0.1) is 0 Å². The first-order chi connectivity index (χ1) is 11.0. The predicted molar refractivity (Wildman–Crippen MR) is 95.4 cm³/mol. The van der Waals surface area contributed by atoms with Crippen molar-refractivity contribution in [2.75, 3.05) is 14.2 Å². The van der Waals surface area contributed by atoms with Gasteiger partial charge in [0.15, 0.2) is 0 Å². The van der Waals surface area contributed by atoms with Crippen LogP contribution in [0.3, 0.4) is 0 Å². The molecule has 1 rings (SSSR count). The largest absolute Gasteiger partial charge is 0.515 e. The summed E-state index contributed by atoms with van der Waals surface area (Å²) in [6.45, 7) is 3.78. The second-order valence-corrected chi connectivity index (χ2v) is 7.25. The average Bonchev–Trinajstić information content (AvgIpc) is 2.55. The van der Waals surface area contributed by atoms with Crippen molar-refractivity contribution in [1.82, 2.24) is 0 Å². The van der Waals surface area contributed by atoms with Crippen molar-refractivity contribution in [2.45, 2.75) is 26.7 Å². The molecule has 23 heavy (non-hydrogen) atoms. The maximum atomic E-state index is 12.5. The fourth-order valence-electron chi connectivity index (χ4n) is 2.11. The molecule has 4 nitrogen and oxygen atoms in total. The Morgan fingerprint density at radius 1 is 1.17 bits per heavy atom. The molecular weight excluding hydrogens is 311 g/mol. The highest BCUT2D eigenvalue weighted by Crippen LogP contribution is 2.55. The van der Waals surface area contributed by atoms with Gasteiger partial charge in [0.25, 0.3) is 0 Å². The van der Waals surface area contributed by atoms with Crippen LogP contribution in [0.5, 0.6) is 0 Å². The number of aliphatic hydroxyl groups is 1. The summed E-state index contributed by atoms with van der Waals surface area (Å²) in [5.41, 5.74) is 2.82. The molecule has 0 saturated carbocycles. The van der Waals surface area contributed by atoms with E-state index in [0.29, 0.717) is 5.31 Å². The number of rotatable bonds is 6. The van der Waals surface area contributed by atoms with Crippen LogP contribution in [0.25, 0.3) is 0 Å². The van der Waals surface area contributed by atoms with E-state index in [0.717, 1.165) is 35.8 Å². The van der Waals surface area contributed by atoms with E-state index in [-0.39, 0.29) is 0 Å². The standard InChI is InChI=1S/C18H25O4P/c1-5-16(11-10-15(2)14-19)17-8-6-7-9-18(13-12-17)23(20,21-3)22-4/h5,8-14,19H,6-7H2,1-4H3/b11-10-,13-12-,15-14+,16-5+,17-8+,18-9?. The Bertz CT molecular complexity index is 625. The lowest BCUT2D eigenvalue weighted by Crippen LogP contribution is -1.94. The van der Waals surface area contributed by atoms with Gasteiger partial charge in [-0.2, -0.15) is 0 Å². The molecule has 1 aliphatic carbocycles. The Hall–Kier alpha value is -1.61. The molecule has 0 heterocycles. The molecule has 0 aromatic rings. The first-order valence-corrected chi connectivity index (χ1v) is 9.01. The molecular formula is C18H25O4P. The summed E-state index contributed by atoms with van der Waals surface area (Å²) in [6.07, 6.45) is 16.2. The van der Waals surface area contributed by atoms with E-state index in [9.17, 15) is 4.57 Å². The predicted octanol–water partition coefficient (Wildman–Crippen LogP) is 5.60. The molecule has 1 aliphatic rings. The molecule has 126 valence electrons. The molecule has 5 heteroatoms. The molecule has 0 atom stereocenters. The van der Waals surface area contributed by atoms with Crippen LogP contribution in [0.4, 0.5) is 0 Å². The van der Waals surface area contributed by atoms with E-state index in [1.807, 2.05) is 44.2 Å². The van der Waals surface area contributed by atoms with Crippen molar-refractivity contribution >= 4 is 7.60 Å². The molecule has 0 aromatic carbocycles. The zero-order valence-corrected chi connectivity index (χ0v) is 15.0. The minimum Gasteiger partial charge on any atom is -0.515 e. The number of hydrogen-bond acceptors (Lipinski definition) is 4. The Balaban J connectivity index is 3.10. The van der Waals surface area contributed by atoms with E-state index >= 15 is 0 Å². The van der Waals surface area contributed by atoms with Gasteiger partial charge in [0.05, 0.1) is 11.6 Å². The van der Waals surface area contributed by atoms with Crippen LogP contribution in [0.2, 0.25) is 0 Å². The van der Waals surface area contributed by atoms with Crippen LogP contribution in [-0.4, -0.2) is 19.3 Å². The number of aliphatic hydroxyl groups excluding tert-OH is 1. The van der Waals surface area contributed by atoms with Crippen molar-refractivity contribution in [2.24, 2.45) is 0 Å². The molecule has 0 bridgehead atoms. The lowest BCUT2D eigenvalue weighted by Gasteiger charge is -2.16. The van der Waals surface area contributed by atoms with Gasteiger partial charge in [0.1, 0.15) is 0 Å². The Morgan fingerprint density at radius 2 is 1.83 bits per heavy atom. The van der Waals surface area contributed by atoms with E-state index < -0.39 is 7.60 Å². The number of allylic oxidation sites excluding steroid dienone is 11. The Labute approximate surface area is 138 Å². The third-order valence-electron chi connectivity index (χ3n) is 3.49. The zero-order valence-electron chi connectivity index (χ0n) is 14.2. The SMILES string of the molecule is C/C=C(\C=C/C(C)=C/O)C1=C/CCC=C(P(=O)(OC)OC)/C=C\1. The van der Waals surface area contributed by atoms with E-state index in [1.165, 1.54) is 14.2 Å². The quantitative estimate of drug-likeness (QED) is 0.390. The molecule has 0 fully saturated rings. The summed E-state index contributed by atoms with van der Waals surface area (Å²) in [5.74, 6) is 0. The van der Waals surface area contributed by atoms with Crippen LogP contribution < -0.4 is 0 Å². The van der Waals surface area contributed by atoms with Crippen LogP contribution in [0.15, 0.2) is 70.8 Å². The summed E-state index contributed by atoms with van der Waals surface area (Å²) in [4.78, 5) is 0. The average molecular weight is 336 g/mol. The lowest BCUT2D eigenvalue weighted by atomic mass is 10.0. The molecule has 0 amide bonds. The molecule has 0 aliphatic heterocycles. The summed E-state index contributed by atoms with van der Waals surface area (Å²) in [7, 11) is -0.462. The molecule has 0 aromatic heterocycles. The van der Waals surface area contributed by atoms with Crippen LogP contribution in [-0.2, 0) is 13.6 Å². The van der Waals surface area contributed by atoms with Crippen molar-refractivity contribution in [1.29, 1.82) is 0 Å². The third-order valence-corrected chi connectivity index (χ3v) is 5.41. The highest BCUT2D eigenvalue weighted by Gasteiger charge is 2.25. The van der Waals surface area contributed by atoms with Gasteiger partial charge in [-0.3, -0.25) is 4.57 Å². The van der Waals surface area contributed by atoms with E-state index in [1.54, 1.807) is 6.08 Å². The van der Waals surface area contributed by atoms with Crippen molar-refractivity contribution in [3.05, 3.63) is 70.8 Å². The van der Waals surface area contributed by atoms with Crippen molar-refractivity contribution in [3.63, 3.8) is 0 Å². The fourth-order valence-corrected chi connectivity index (χ4v) is 3.29. The molecule has 0 spiro atoms. The Kier molecular flexibility index (Phi) is 8.04.